The number of nitrogens with zero attached hydrogens (tertiary/aromatic N) is 4. The lowest BCUT2D eigenvalue weighted by Gasteiger charge is -2.18. The molecular weight excluding hydrogens is 334 g/mol. The van der Waals surface area contributed by atoms with E-state index >= 15 is 0 Å². The van der Waals surface area contributed by atoms with Crippen molar-refractivity contribution in [2.24, 2.45) is 0 Å². The summed E-state index contributed by atoms with van der Waals surface area (Å²) in [4.78, 5) is 14.5. The predicted molar refractivity (Wildman–Crippen MR) is 94.6 cm³/mol. The Kier molecular flexibility index (Phi) is 4.57. The molecule has 2 aromatic rings. The average molecular weight is 355 g/mol. The third kappa shape index (κ3) is 3.15. The number of fused-ring (bicyclic) bond motifs is 1. The van der Waals surface area contributed by atoms with Crippen LogP contribution in [0.3, 0.4) is 0 Å². The van der Waals surface area contributed by atoms with Crippen molar-refractivity contribution in [1.29, 1.82) is 0 Å². The minimum Gasteiger partial charge on any atom is -0.487 e. The summed E-state index contributed by atoms with van der Waals surface area (Å²) in [7, 11) is 0. The van der Waals surface area contributed by atoms with E-state index in [0.717, 1.165) is 36.4 Å². The molecule has 8 heteroatoms. The summed E-state index contributed by atoms with van der Waals surface area (Å²) in [5.74, 6) is 0.785. The fraction of sp³-hybridized carbons (Fsp3) is 0.389. The lowest BCUT2D eigenvalue weighted by Crippen LogP contribution is -2.33. The number of aromatic nitrogens is 3. The van der Waals surface area contributed by atoms with E-state index in [0.29, 0.717) is 31.1 Å². The molecule has 3 heterocycles. The Labute approximate surface area is 151 Å². The smallest absolute Gasteiger partial charge is 0.274 e. The molecule has 0 spiro atoms. The molecular formula is C18H21N5O3. The minimum atomic E-state index is 0.0188. The van der Waals surface area contributed by atoms with Gasteiger partial charge in [-0.15, -0.1) is 5.10 Å². The van der Waals surface area contributed by atoms with Crippen LogP contribution in [-0.2, 0) is 24.4 Å². The van der Waals surface area contributed by atoms with Crippen LogP contribution in [0.1, 0.15) is 17.7 Å². The Balaban J connectivity index is 1.48. The molecule has 4 rings (SSSR count). The molecule has 0 atom stereocenters. The number of benzene rings is 1. The van der Waals surface area contributed by atoms with Crippen LogP contribution < -0.4 is 15.0 Å². The van der Waals surface area contributed by atoms with E-state index in [1.165, 1.54) is 0 Å². The highest BCUT2D eigenvalue weighted by atomic mass is 16.5. The molecule has 2 N–H and O–H groups in total. The Bertz CT molecular complexity index is 845. The molecule has 136 valence electrons. The number of nitrogens with one attached hydrogen (secondary N) is 1. The quantitative estimate of drug-likeness (QED) is 0.789. The molecule has 1 amide bonds. The Morgan fingerprint density at radius 3 is 3.12 bits per heavy atom. The molecule has 0 saturated carbocycles. The first-order valence-electron chi connectivity index (χ1n) is 8.76. The van der Waals surface area contributed by atoms with Gasteiger partial charge in [0.15, 0.2) is 0 Å². The van der Waals surface area contributed by atoms with Gasteiger partial charge in [0.25, 0.3) is 5.91 Å². The lowest BCUT2D eigenvalue weighted by molar-refractivity contribution is -0.115. The molecule has 0 radical (unpaired) electrons. The van der Waals surface area contributed by atoms with Crippen LogP contribution in [0, 0.1) is 0 Å². The van der Waals surface area contributed by atoms with E-state index in [9.17, 15) is 4.79 Å². The van der Waals surface area contributed by atoms with Crippen LogP contribution >= 0.6 is 0 Å². The topological polar surface area (TPSA) is 92.5 Å². The number of anilines is 1. The average Bonchev–Trinajstić information content (AvgIpc) is 3.40. The van der Waals surface area contributed by atoms with Crippen molar-refractivity contribution in [2.75, 3.05) is 24.6 Å². The first kappa shape index (κ1) is 16.6. The minimum absolute atomic E-state index is 0.0188. The van der Waals surface area contributed by atoms with Gasteiger partial charge < -0.3 is 20.1 Å². The largest absolute Gasteiger partial charge is 0.487 e. The zero-order chi connectivity index (χ0) is 17.9. The number of amides is 1. The second kappa shape index (κ2) is 7.17. The standard InChI is InChI=1S/C18H21N5O3/c24-10-9-22-11-13(20-21-22)12-26-17-5-1-4-16-14(17)6-8-23(16)18(25)15-3-2-7-19-15/h1,3-5,11,19,24H,2,6-10,12H2. The SMILES string of the molecule is O=C(C1=CCCN1)N1CCc2c(OCc3cn(CCO)nn3)cccc21. The van der Waals surface area contributed by atoms with E-state index in [1.54, 1.807) is 10.9 Å². The fourth-order valence-corrected chi connectivity index (χ4v) is 3.32. The number of carbonyl (C=O) groups excluding carboxylic acids is 1. The first-order valence-corrected chi connectivity index (χ1v) is 8.76. The summed E-state index contributed by atoms with van der Waals surface area (Å²) < 4.78 is 7.51. The molecule has 1 aromatic heterocycles. The van der Waals surface area contributed by atoms with E-state index in [2.05, 4.69) is 15.6 Å². The molecule has 0 bridgehead atoms. The van der Waals surface area contributed by atoms with Crippen LogP contribution in [0.25, 0.3) is 0 Å². The number of rotatable bonds is 6. The van der Waals surface area contributed by atoms with E-state index in [4.69, 9.17) is 9.84 Å². The van der Waals surface area contributed by atoms with Crippen LogP contribution in [0.5, 0.6) is 5.75 Å². The molecule has 0 aliphatic carbocycles. The van der Waals surface area contributed by atoms with E-state index in [-0.39, 0.29) is 12.5 Å². The van der Waals surface area contributed by atoms with Crippen molar-refractivity contribution in [1.82, 2.24) is 20.3 Å². The van der Waals surface area contributed by atoms with Gasteiger partial charge in [-0.05, 0) is 25.0 Å². The number of hydrogen-bond donors (Lipinski definition) is 2. The van der Waals surface area contributed by atoms with E-state index in [1.807, 2.05) is 29.2 Å². The molecule has 0 unspecified atom stereocenters. The molecule has 1 aromatic carbocycles. The molecule has 0 saturated heterocycles. The molecule has 26 heavy (non-hydrogen) atoms. The number of aliphatic hydroxyl groups excluding tert-OH is 1. The van der Waals surface area contributed by atoms with Crippen LogP contribution in [-0.4, -0.2) is 45.7 Å². The van der Waals surface area contributed by atoms with Crippen LogP contribution in [0.4, 0.5) is 5.69 Å². The second-order valence-electron chi connectivity index (χ2n) is 6.28. The maximum absolute atomic E-state index is 12.7. The summed E-state index contributed by atoms with van der Waals surface area (Å²) >= 11 is 0. The Morgan fingerprint density at radius 2 is 2.31 bits per heavy atom. The maximum atomic E-state index is 12.7. The van der Waals surface area contributed by atoms with Gasteiger partial charge in [-0.3, -0.25) is 4.79 Å². The highest BCUT2D eigenvalue weighted by Gasteiger charge is 2.29. The number of aliphatic hydroxyl groups is 1. The molecule has 2 aliphatic rings. The molecule has 0 fully saturated rings. The van der Waals surface area contributed by atoms with Gasteiger partial charge in [0, 0.05) is 18.7 Å². The van der Waals surface area contributed by atoms with Gasteiger partial charge in [-0.1, -0.05) is 17.4 Å². The Hall–Kier alpha value is -2.87. The van der Waals surface area contributed by atoms with Crippen LogP contribution in [0.15, 0.2) is 36.2 Å². The summed E-state index contributed by atoms with van der Waals surface area (Å²) in [6.07, 6.45) is 5.37. The highest BCUT2D eigenvalue weighted by molar-refractivity contribution is 6.06. The van der Waals surface area contributed by atoms with Gasteiger partial charge in [0.1, 0.15) is 18.1 Å². The predicted octanol–water partition coefficient (Wildman–Crippen LogP) is 0.616. The molecule has 8 nitrogen and oxygen atoms in total. The van der Waals surface area contributed by atoms with Gasteiger partial charge in [0.05, 0.1) is 30.7 Å². The maximum Gasteiger partial charge on any atom is 0.274 e. The molecule has 2 aliphatic heterocycles. The first-order chi connectivity index (χ1) is 12.8. The van der Waals surface area contributed by atoms with Gasteiger partial charge in [-0.2, -0.15) is 0 Å². The fourth-order valence-electron chi connectivity index (χ4n) is 3.32. The number of carbonyl (C=O) groups is 1. The number of ether oxygens (including phenoxy) is 1. The van der Waals surface area contributed by atoms with Crippen molar-refractivity contribution in [3.63, 3.8) is 0 Å². The summed E-state index contributed by atoms with van der Waals surface area (Å²) in [6, 6.07) is 5.77. The monoisotopic (exact) mass is 355 g/mol. The zero-order valence-electron chi connectivity index (χ0n) is 14.4. The van der Waals surface area contributed by atoms with Crippen molar-refractivity contribution < 1.29 is 14.6 Å². The van der Waals surface area contributed by atoms with Gasteiger partial charge >= 0.3 is 0 Å². The third-order valence-corrected chi connectivity index (χ3v) is 4.56. The van der Waals surface area contributed by atoms with Crippen molar-refractivity contribution >= 4 is 11.6 Å². The Morgan fingerprint density at radius 1 is 1.38 bits per heavy atom. The summed E-state index contributed by atoms with van der Waals surface area (Å²) in [5, 5.41) is 20.0. The van der Waals surface area contributed by atoms with Gasteiger partial charge in [-0.25, -0.2) is 4.68 Å². The lowest BCUT2D eigenvalue weighted by atomic mass is 10.1. The van der Waals surface area contributed by atoms with Crippen molar-refractivity contribution in [3.05, 3.63) is 47.4 Å². The summed E-state index contributed by atoms with van der Waals surface area (Å²) in [6.45, 7) is 2.20. The number of hydrogen-bond acceptors (Lipinski definition) is 6. The third-order valence-electron chi connectivity index (χ3n) is 4.56. The van der Waals surface area contributed by atoms with Crippen molar-refractivity contribution in [2.45, 2.75) is 26.0 Å². The van der Waals surface area contributed by atoms with Crippen molar-refractivity contribution in [3.8, 4) is 5.75 Å². The van der Waals surface area contributed by atoms with Gasteiger partial charge in [0.2, 0.25) is 0 Å². The zero-order valence-corrected chi connectivity index (χ0v) is 14.4. The second-order valence-corrected chi connectivity index (χ2v) is 6.28. The van der Waals surface area contributed by atoms with E-state index < -0.39 is 0 Å². The van der Waals surface area contributed by atoms with Crippen LogP contribution in [0.2, 0.25) is 0 Å². The highest BCUT2D eigenvalue weighted by Crippen LogP contribution is 2.36. The normalized spacial score (nSPS) is 15.6. The summed E-state index contributed by atoms with van der Waals surface area (Å²) in [5.41, 5.74) is 3.33.